The number of nitrogens with one attached hydrogen (secondary N) is 2. The zero-order valence-corrected chi connectivity index (χ0v) is 18.3. The van der Waals surface area contributed by atoms with Crippen LogP contribution < -0.4 is 10.6 Å². The van der Waals surface area contributed by atoms with Crippen molar-refractivity contribution in [2.75, 3.05) is 33.8 Å². The van der Waals surface area contributed by atoms with Crippen molar-refractivity contribution in [2.45, 2.75) is 38.3 Å². The second-order valence-corrected chi connectivity index (χ2v) is 6.74. The van der Waals surface area contributed by atoms with Gasteiger partial charge in [-0.1, -0.05) is 30.3 Å². The second kappa shape index (κ2) is 11.4. The smallest absolute Gasteiger partial charge is 0.224 e. The van der Waals surface area contributed by atoms with Gasteiger partial charge in [-0.25, -0.2) is 0 Å². The lowest BCUT2D eigenvalue weighted by molar-refractivity contribution is -0.130. The van der Waals surface area contributed by atoms with E-state index in [1.807, 2.05) is 37.4 Å². The molecule has 0 bridgehead atoms. The van der Waals surface area contributed by atoms with Gasteiger partial charge in [-0.3, -0.25) is 9.79 Å². The van der Waals surface area contributed by atoms with Crippen molar-refractivity contribution in [2.24, 2.45) is 4.99 Å². The molecule has 2 N–H and O–H groups in total. The molecule has 146 valence electrons. The van der Waals surface area contributed by atoms with E-state index in [0.29, 0.717) is 32.0 Å². The third kappa shape index (κ3) is 7.49. The maximum atomic E-state index is 12.2. The van der Waals surface area contributed by atoms with Crippen molar-refractivity contribution in [1.82, 2.24) is 15.5 Å². The largest absolute Gasteiger partial charge is 0.373 e. The molecule has 1 saturated heterocycles. The maximum absolute atomic E-state index is 12.2. The van der Waals surface area contributed by atoms with Gasteiger partial charge in [-0.15, -0.1) is 24.0 Å². The van der Waals surface area contributed by atoms with Crippen molar-refractivity contribution < 1.29 is 9.53 Å². The lowest BCUT2D eigenvalue weighted by atomic mass is 10.0. The molecule has 0 aromatic heterocycles. The fourth-order valence-electron chi connectivity index (χ4n) is 2.89. The highest BCUT2D eigenvalue weighted by Gasteiger charge is 2.29. The molecule has 1 amide bonds. The monoisotopic (exact) mass is 474 g/mol. The van der Waals surface area contributed by atoms with Gasteiger partial charge in [0.25, 0.3) is 0 Å². The van der Waals surface area contributed by atoms with Crippen molar-refractivity contribution in [3.05, 3.63) is 35.9 Å². The Morgan fingerprint density at radius 3 is 2.65 bits per heavy atom. The topological polar surface area (TPSA) is 66.0 Å². The lowest BCUT2D eigenvalue weighted by Gasteiger charge is -2.24. The molecule has 1 heterocycles. The van der Waals surface area contributed by atoms with Crippen LogP contribution in [0, 0.1) is 0 Å². The Labute approximate surface area is 173 Å². The van der Waals surface area contributed by atoms with E-state index in [1.54, 1.807) is 11.9 Å². The van der Waals surface area contributed by atoms with Crippen molar-refractivity contribution in [1.29, 1.82) is 0 Å². The number of hydrogen-bond donors (Lipinski definition) is 2. The summed E-state index contributed by atoms with van der Waals surface area (Å²) in [5.74, 6) is 0.813. The molecule has 2 rings (SSSR count). The Morgan fingerprint density at radius 2 is 2.04 bits per heavy atom. The van der Waals surface area contributed by atoms with E-state index in [4.69, 9.17) is 4.74 Å². The van der Waals surface area contributed by atoms with Gasteiger partial charge in [0.1, 0.15) is 0 Å². The molecule has 0 spiro atoms. The van der Waals surface area contributed by atoms with E-state index < -0.39 is 0 Å². The summed E-state index contributed by atoms with van der Waals surface area (Å²) in [4.78, 5) is 18.2. The number of ether oxygens (including phenoxy) is 1. The predicted octanol–water partition coefficient (Wildman–Crippen LogP) is 2.39. The number of aliphatic imine (C=N–C) groups is 1. The number of benzene rings is 1. The summed E-state index contributed by atoms with van der Waals surface area (Å²) in [7, 11) is 3.57. The molecule has 1 unspecified atom stereocenters. The standard InChI is InChI=1S/C19H30N4O2.HI/c1-19(11-7-13-25-19)15-22-18(20-2)21-12-10-17(24)23(3)14-16-8-5-4-6-9-16;/h4-6,8-9H,7,10-15H2,1-3H3,(H2,20,21,22);1H. The quantitative estimate of drug-likeness (QED) is 0.362. The Bertz CT molecular complexity index is 574. The number of nitrogens with zero attached hydrogens (tertiary/aromatic N) is 2. The Morgan fingerprint density at radius 1 is 1.31 bits per heavy atom. The van der Waals surface area contributed by atoms with Crippen molar-refractivity contribution in [3.8, 4) is 0 Å². The Kier molecular flexibility index (Phi) is 9.93. The van der Waals surface area contributed by atoms with Crippen LogP contribution in [0.1, 0.15) is 31.7 Å². The molecule has 0 aliphatic carbocycles. The average molecular weight is 474 g/mol. The van der Waals surface area contributed by atoms with Crippen molar-refractivity contribution >= 4 is 35.8 Å². The van der Waals surface area contributed by atoms with Gasteiger partial charge in [-0.05, 0) is 25.3 Å². The molecule has 1 aliphatic rings. The number of hydrogen-bond acceptors (Lipinski definition) is 3. The van der Waals surface area contributed by atoms with Crippen LogP contribution in [0.15, 0.2) is 35.3 Å². The van der Waals surface area contributed by atoms with Gasteiger partial charge >= 0.3 is 0 Å². The summed E-state index contributed by atoms with van der Waals surface area (Å²) in [6.45, 7) is 4.83. The summed E-state index contributed by atoms with van der Waals surface area (Å²) in [5.41, 5.74) is 1.01. The molecule has 26 heavy (non-hydrogen) atoms. The van der Waals surface area contributed by atoms with Gasteiger partial charge in [0.15, 0.2) is 5.96 Å². The van der Waals surface area contributed by atoms with Gasteiger partial charge < -0.3 is 20.3 Å². The summed E-state index contributed by atoms with van der Waals surface area (Å²) in [6.07, 6.45) is 2.59. The van der Waals surface area contributed by atoms with Crippen LogP contribution in [-0.2, 0) is 16.1 Å². The third-order valence-corrected chi connectivity index (χ3v) is 4.47. The first kappa shape index (κ1) is 22.7. The van der Waals surface area contributed by atoms with Crippen molar-refractivity contribution in [3.63, 3.8) is 0 Å². The summed E-state index contributed by atoms with van der Waals surface area (Å²) in [6, 6.07) is 10.0. The normalized spacial score (nSPS) is 19.6. The summed E-state index contributed by atoms with van der Waals surface area (Å²) in [5, 5.41) is 6.48. The third-order valence-electron chi connectivity index (χ3n) is 4.47. The van der Waals surface area contributed by atoms with Crippen LogP contribution in [-0.4, -0.2) is 56.2 Å². The highest BCUT2D eigenvalue weighted by Crippen LogP contribution is 2.23. The number of guanidine groups is 1. The molecule has 1 aliphatic heterocycles. The van der Waals surface area contributed by atoms with E-state index in [9.17, 15) is 4.79 Å². The maximum Gasteiger partial charge on any atom is 0.224 e. The minimum Gasteiger partial charge on any atom is -0.373 e. The van der Waals surface area contributed by atoms with Gasteiger partial charge in [0, 0.05) is 46.8 Å². The number of amides is 1. The number of carbonyl (C=O) groups is 1. The van der Waals surface area contributed by atoms with E-state index >= 15 is 0 Å². The van der Waals surface area contributed by atoms with Gasteiger partial charge in [0.2, 0.25) is 5.91 Å². The van der Waals surface area contributed by atoms with Crippen LogP contribution in [0.5, 0.6) is 0 Å². The molecule has 1 atom stereocenters. The zero-order chi connectivity index (χ0) is 18.1. The highest BCUT2D eigenvalue weighted by molar-refractivity contribution is 14.0. The molecular formula is C19H31IN4O2. The predicted molar refractivity (Wildman–Crippen MR) is 116 cm³/mol. The lowest BCUT2D eigenvalue weighted by Crippen LogP contribution is -2.46. The number of halogens is 1. The second-order valence-electron chi connectivity index (χ2n) is 6.74. The fraction of sp³-hybridized carbons (Fsp3) is 0.579. The van der Waals surface area contributed by atoms with Gasteiger partial charge in [0.05, 0.1) is 5.60 Å². The minimum atomic E-state index is -0.122. The average Bonchev–Trinajstić information content (AvgIpc) is 3.05. The summed E-state index contributed by atoms with van der Waals surface area (Å²) < 4.78 is 5.76. The van der Waals surface area contributed by atoms with E-state index in [1.165, 1.54) is 0 Å². The van der Waals surface area contributed by atoms with Crippen LogP contribution >= 0.6 is 24.0 Å². The summed E-state index contributed by atoms with van der Waals surface area (Å²) >= 11 is 0. The molecular weight excluding hydrogens is 443 g/mol. The molecule has 7 heteroatoms. The molecule has 6 nitrogen and oxygen atoms in total. The number of carbonyl (C=O) groups excluding carboxylic acids is 1. The van der Waals surface area contributed by atoms with Crippen LogP contribution in [0.25, 0.3) is 0 Å². The highest BCUT2D eigenvalue weighted by atomic mass is 127. The van der Waals surface area contributed by atoms with E-state index in [2.05, 4.69) is 22.5 Å². The molecule has 1 aromatic carbocycles. The SMILES string of the molecule is CN=C(NCCC(=O)N(C)Cc1ccccc1)NCC1(C)CCCO1.I. The molecule has 0 saturated carbocycles. The minimum absolute atomic E-state index is 0. The van der Waals surface area contributed by atoms with Gasteiger partial charge in [-0.2, -0.15) is 0 Å². The molecule has 1 aromatic rings. The first-order valence-corrected chi connectivity index (χ1v) is 8.89. The van der Waals surface area contributed by atoms with Crippen LogP contribution in [0.4, 0.5) is 0 Å². The fourth-order valence-corrected chi connectivity index (χ4v) is 2.89. The zero-order valence-electron chi connectivity index (χ0n) is 16.0. The Balaban J connectivity index is 0.00000338. The van der Waals surface area contributed by atoms with E-state index in [0.717, 1.165) is 25.0 Å². The Hall–Kier alpha value is -1.35. The van der Waals surface area contributed by atoms with Crippen LogP contribution in [0.3, 0.4) is 0 Å². The first-order valence-electron chi connectivity index (χ1n) is 8.89. The molecule has 1 fully saturated rings. The van der Waals surface area contributed by atoms with Crippen LogP contribution in [0.2, 0.25) is 0 Å². The number of rotatable bonds is 7. The van der Waals surface area contributed by atoms with E-state index in [-0.39, 0.29) is 35.5 Å². The first-order chi connectivity index (χ1) is 12.0. The molecule has 0 radical (unpaired) electrons.